The van der Waals surface area contributed by atoms with Crippen molar-refractivity contribution in [3.05, 3.63) is 64.7 Å². The van der Waals surface area contributed by atoms with Crippen molar-refractivity contribution in [2.75, 3.05) is 13.7 Å². The number of hydrogen-bond donors (Lipinski definition) is 0. The minimum Gasteiger partial charge on any atom is -0.493 e. The maximum absolute atomic E-state index is 6.28. The molecule has 0 bridgehead atoms. The quantitative estimate of drug-likeness (QED) is 0.533. The first-order valence-corrected chi connectivity index (χ1v) is 7.65. The molecule has 4 heteroatoms. The predicted octanol–water partition coefficient (Wildman–Crippen LogP) is 5.28. The summed E-state index contributed by atoms with van der Waals surface area (Å²) >= 11 is 6.28. The second kappa shape index (κ2) is 7.84. The number of aryl methyl sites for hydroxylation is 2. The molecule has 0 aliphatic rings. The number of hydrogen-bond acceptors (Lipinski definition) is 3. The van der Waals surface area contributed by atoms with E-state index in [0.29, 0.717) is 23.1 Å². The third-order valence-corrected chi connectivity index (χ3v) is 3.58. The van der Waals surface area contributed by atoms with Crippen LogP contribution in [0.15, 0.2) is 48.0 Å². The highest BCUT2D eigenvalue weighted by Gasteiger charge is 2.11. The van der Waals surface area contributed by atoms with E-state index in [4.69, 9.17) is 21.1 Å². The Bertz CT molecular complexity index is 738. The molecule has 120 valence electrons. The third kappa shape index (κ3) is 4.36. The normalized spacial score (nSPS) is 10.8. The Balaban J connectivity index is 2.31. The molecule has 0 fully saturated rings. The van der Waals surface area contributed by atoms with Crippen LogP contribution in [-0.4, -0.2) is 19.9 Å². The number of benzene rings is 2. The van der Waals surface area contributed by atoms with Crippen molar-refractivity contribution in [2.24, 2.45) is 4.99 Å². The molecule has 2 aromatic rings. The van der Waals surface area contributed by atoms with Gasteiger partial charge in [0.05, 0.1) is 17.8 Å². The van der Waals surface area contributed by atoms with E-state index in [-0.39, 0.29) is 0 Å². The molecular weight excluding hydrogens is 310 g/mol. The Kier molecular flexibility index (Phi) is 5.83. The van der Waals surface area contributed by atoms with Gasteiger partial charge in [-0.3, -0.25) is 4.99 Å². The second-order valence-electron chi connectivity index (χ2n) is 5.18. The monoisotopic (exact) mass is 329 g/mol. The standard InChI is InChI=1S/C19H20ClNO2/c1-5-8-23-19-16(20)10-15(11-18(19)22-4)12-21-17-7-6-13(2)9-14(17)3/h5-7,9-12H,1,8H2,2-4H3. The first-order valence-electron chi connectivity index (χ1n) is 7.27. The Hall–Kier alpha value is -2.26. The Labute approximate surface area is 142 Å². The van der Waals surface area contributed by atoms with Gasteiger partial charge in [0.15, 0.2) is 11.5 Å². The highest BCUT2D eigenvalue weighted by Crippen LogP contribution is 2.36. The number of rotatable bonds is 6. The van der Waals surface area contributed by atoms with Crippen LogP contribution in [0.1, 0.15) is 16.7 Å². The summed E-state index contributed by atoms with van der Waals surface area (Å²) in [6, 6.07) is 9.79. The Morgan fingerprint density at radius 1 is 1.22 bits per heavy atom. The van der Waals surface area contributed by atoms with Gasteiger partial charge in [0.25, 0.3) is 0 Å². The molecule has 0 heterocycles. The fraction of sp³-hybridized carbons (Fsp3) is 0.211. The summed E-state index contributed by atoms with van der Waals surface area (Å²) in [5, 5.41) is 0.480. The van der Waals surface area contributed by atoms with E-state index in [1.165, 1.54) is 5.56 Å². The molecule has 0 radical (unpaired) electrons. The molecule has 0 aliphatic heterocycles. The second-order valence-corrected chi connectivity index (χ2v) is 5.59. The minimum atomic E-state index is 0.367. The van der Waals surface area contributed by atoms with Crippen LogP contribution in [-0.2, 0) is 0 Å². The topological polar surface area (TPSA) is 30.8 Å². The van der Waals surface area contributed by atoms with Gasteiger partial charge in [-0.05, 0) is 43.2 Å². The largest absolute Gasteiger partial charge is 0.493 e. The molecule has 0 aliphatic carbocycles. The van der Waals surface area contributed by atoms with Gasteiger partial charge in [-0.25, -0.2) is 0 Å². The van der Waals surface area contributed by atoms with Crippen LogP contribution < -0.4 is 9.47 Å². The molecule has 0 unspecified atom stereocenters. The number of nitrogens with zero attached hydrogens (tertiary/aromatic N) is 1. The van der Waals surface area contributed by atoms with E-state index in [1.54, 1.807) is 25.5 Å². The third-order valence-electron chi connectivity index (χ3n) is 3.30. The lowest BCUT2D eigenvalue weighted by Gasteiger charge is -2.12. The lowest BCUT2D eigenvalue weighted by Crippen LogP contribution is -1.98. The first kappa shape index (κ1) is 17.1. The molecule has 3 nitrogen and oxygen atoms in total. The van der Waals surface area contributed by atoms with Crippen LogP contribution in [0, 0.1) is 13.8 Å². The summed E-state index contributed by atoms with van der Waals surface area (Å²) in [5.74, 6) is 1.08. The van der Waals surface area contributed by atoms with Crippen molar-refractivity contribution in [1.82, 2.24) is 0 Å². The maximum Gasteiger partial charge on any atom is 0.180 e. The van der Waals surface area contributed by atoms with E-state index in [9.17, 15) is 0 Å². The average molecular weight is 330 g/mol. The van der Waals surface area contributed by atoms with Gasteiger partial charge in [0.1, 0.15) is 6.61 Å². The summed E-state index contributed by atoms with van der Waals surface area (Å²) in [4.78, 5) is 4.53. The number of halogens is 1. The van der Waals surface area contributed by atoms with Gasteiger partial charge >= 0.3 is 0 Å². The van der Waals surface area contributed by atoms with Crippen molar-refractivity contribution in [1.29, 1.82) is 0 Å². The number of aliphatic imine (C=N–C) groups is 1. The summed E-state index contributed by atoms with van der Waals surface area (Å²) in [6.07, 6.45) is 3.43. The summed E-state index contributed by atoms with van der Waals surface area (Å²) in [5.41, 5.74) is 4.12. The number of methoxy groups -OCH3 is 1. The molecule has 0 saturated carbocycles. The molecule has 0 amide bonds. The van der Waals surface area contributed by atoms with E-state index in [1.807, 2.05) is 25.1 Å². The molecular formula is C19H20ClNO2. The average Bonchev–Trinajstić information content (AvgIpc) is 2.52. The van der Waals surface area contributed by atoms with Crippen molar-refractivity contribution in [3.63, 3.8) is 0 Å². The lowest BCUT2D eigenvalue weighted by atomic mass is 10.1. The molecule has 2 aromatic carbocycles. The van der Waals surface area contributed by atoms with Crippen LogP contribution >= 0.6 is 11.6 Å². The highest BCUT2D eigenvalue weighted by atomic mass is 35.5. The van der Waals surface area contributed by atoms with Crippen molar-refractivity contribution in [3.8, 4) is 11.5 Å². The molecule has 23 heavy (non-hydrogen) atoms. The molecule has 2 rings (SSSR count). The zero-order valence-electron chi connectivity index (χ0n) is 13.6. The van der Waals surface area contributed by atoms with Gasteiger partial charge in [-0.2, -0.15) is 0 Å². The van der Waals surface area contributed by atoms with E-state index in [2.05, 4.69) is 24.6 Å². The fourth-order valence-electron chi connectivity index (χ4n) is 2.19. The van der Waals surface area contributed by atoms with E-state index in [0.717, 1.165) is 16.8 Å². The van der Waals surface area contributed by atoms with Gasteiger partial charge < -0.3 is 9.47 Å². The smallest absolute Gasteiger partial charge is 0.180 e. The van der Waals surface area contributed by atoms with Crippen LogP contribution in [0.2, 0.25) is 5.02 Å². The zero-order valence-corrected chi connectivity index (χ0v) is 14.4. The summed E-state index contributed by atoms with van der Waals surface area (Å²) in [6.45, 7) is 8.10. The van der Waals surface area contributed by atoms with Crippen LogP contribution in [0.5, 0.6) is 11.5 Å². The van der Waals surface area contributed by atoms with Crippen LogP contribution in [0.25, 0.3) is 0 Å². The van der Waals surface area contributed by atoms with Gasteiger partial charge in [-0.15, -0.1) is 0 Å². The summed E-state index contributed by atoms with van der Waals surface area (Å²) in [7, 11) is 1.58. The van der Waals surface area contributed by atoms with Crippen molar-refractivity contribution in [2.45, 2.75) is 13.8 Å². The predicted molar refractivity (Wildman–Crippen MR) is 96.9 cm³/mol. The molecule has 0 saturated heterocycles. The van der Waals surface area contributed by atoms with Gasteiger partial charge in [0, 0.05) is 6.21 Å². The lowest BCUT2D eigenvalue weighted by molar-refractivity contribution is 0.326. The number of ether oxygens (including phenoxy) is 2. The molecule has 0 aromatic heterocycles. The van der Waals surface area contributed by atoms with Gasteiger partial charge in [-0.1, -0.05) is 42.0 Å². The minimum absolute atomic E-state index is 0.367. The molecule has 0 spiro atoms. The highest BCUT2D eigenvalue weighted by molar-refractivity contribution is 6.32. The van der Waals surface area contributed by atoms with Crippen molar-refractivity contribution < 1.29 is 9.47 Å². The Morgan fingerprint density at radius 3 is 2.65 bits per heavy atom. The molecule has 0 atom stereocenters. The zero-order chi connectivity index (χ0) is 16.8. The fourth-order valence-corrected chi connectivity index (χ4v) is 2.46. The first-order chi connectivity index (χ1) is 11.0. The van der Waals surface area contributed by atoms with E-state index >= 15 is 0 Å². The SMILES string of the molecule is C=CCOc1c(Cl)cc(C=Nc2ccc(C)cc2C)cc1OC. The van der Waals surface area contributed by atoms with Gasteiger partial charge in [0.2, 0.25) is 0 Å². The van der Waals surface area contributed by atoms with Crippen LogP contribution in [0.4, 0.5) is 5.69 Å². The summed E-state index contributed by atoms with van der Waals surface area (Å²) < 4.78 is 10.9. The van der Waals surface area contributed by atoms with E-state index < -0.39 is 0 Å². The van der Waals surface area contributed by atoms with Crippen molar-refractivity contribution >= 4 is 23.5 Å². The molecule has 0 N–H and O–H groups in total. The van der Waals surface area contributed by atoms with Crippen LogP contribution in [0.3, 0.4) is 0 Å². The maximum atomic E-state index is 6.28. The Morgan fingerprint density at radius 2 is 2.00 bits per heavy atom.